The molecule has 1 aromatic rings. The van der Waals surface area contributed by atoms with Crippen LogP contribution in [-0.2, 0) is 9.59 Å². The lowest BCUT2D eigenvalue weighted by atomic mass is 9.97. The molecule has 140 valence electrons. The van der Waals surface area contributed by atoms with Crippen LogP contribution in [0, 0.1) is 5.92 Å². The molecule has 2 heterocycles. The van der Waals surface area contributed by atoms with E-state index < -0.39 is 5.97 Å². The van der Waals surface area contributed by atoms with Gasteiger partial charge in [0.1, 0.15) is 0 Å². The number of nitrogens with zero attached hydrogens (tertiary/aromatic N) is 2. The van der Waals surface area contributed by atoms with Gasteiger partial charge in [0.25, 0.3) is 0 Å². The van der Waals surface area contributed by atoms with Gasteiger partial charge in [0.15, 0.2) is 0 Å². The summed E-state index contributed by atoms with van der Waals surface area (Å²) >= 11 is 0. The zero-order chi connectivity index (χ0) is 18.7. The van der Waals surface area contributed by atoms with Crippen LogP contribution < -0.4 is 5.32 Å². The van der Waals surface area contributed by atoms with Gasteiger partial charge in [-0.25, -0.2) is 4.79 Å². The highest BCUT2D eigenvalue weighted by molar-refractivity contribution is 5.82. The number of carbonyl (C=O) groups is 3. The molecule has 0 spiro atoms. The van der Waals surface area contributed by atoms with Gasteiger partial charge in [0.2, 0.25) is 5.91 Å². The number of likely N-dealkylation sites (tertiary alicyclic amines) is 2. The van der Waals surface area contributed by atoms with Crippen molar-refractivity contribution in [2.45, 2.75) is 38.3 Å². The Morgan fingerprint density at radius 1 is 1.19 bits per heavy atom. The second-order valence-corrected chi connectivity index (χ2v) is 7.08. The van der Waals surface area contributed by atoms with E-state index in [1.165, 1.54) is 0 Å². The summed E-state index contributed by atoms with van der Waals surface area (Å²) in [5.41, 5.74) is 1.07. The second-order valence-electron chi connectivity index (χ2n) is 7.08. The minimum Gasteiger partial charge on any atom is -0.481 e. The molecule has 2 aliphatic heterocycles. The largest absolute Gasteiger partial charge is 0.481 e. The summed E-state index contributed by atoms with van der Waals surface area (Å²) in [5.74, 6) is -1.12. The first-order chi connectivity index (χ1) is 12.5. The summed E-state index contributed by atoms with van der Waals surface area (Å²) in [4.78, 5) is 39.2. The van der Waals surface area contributed by atoms with Gasteiger partial charge in [0.05, 0.1) is 18.0 Å². The molecule has 26 heavy (non-hydrogen) atoms. The average Bonchev–Trinajstić information content (AvgIpc) is 3.02. The highest BCUT2D eigenvalue weighted by Crippen LogP contribution is 2.26. The van der Waals surface area contributed by atoms with Gasteiger partial charge in [-0.1, -0.05) is 30.3 Å². The van der Waals surface area contributed by atoms with Gasteiger partial charge in [0, 0.05) is 26.1 Å². The third-order valence-corrected chi connectivity index (χ3v) is 5.37. The molecular formula is C19H25N3O4. The number of benzene rings is 1. The fraction of sp³-hybridized carbons (Fsp3) is 0.526. The lowest BCUT2D eigenvalue weighted by molar-refractivity contribution is -0.143. The van der Waals surface area contributed by atoms with Crippen molar-refractivity contribution in [3.05, 3.63) is 35.9 Å². The Morgan fingerprint density at radius 2 is 1.85 bits per heavy atom. The van der Waals surface area contributed by atoms with Crippen molar-refractivity contribution in [1.29, 1.82) is 0 Å². The number of hydrogen-bond donors (Lipinski definition) is 2. The standard InChI is InChI=1S/C19H25N3O4/c1-13(14-5-3-2-4-6-14)22-12-16(11-17(22)23)20-19(26)21-9-7-15(8-10-21)18(24)25/h2-6,13,15-16H,7-12H2,1H3,(H,20,26)(H,24,25). The van der Waals surface area contributed by atoms with E-state index in [1.54, 1.807) is 9.80 Å². The van der Waals surface area contributed by atoms with E-state index in [-0.39, 0.29) is 29.9 Å². The maximum atomic E-state index is 12.4. The van der Waals surface area contributed by atoms with Gasteiger partial charge >= 0.3 is 12.0 Å². The van der Waals surface area contributed by atoms with Crippen LogP contribution in [0.5, 0.6) is 0 Å². The molecule has 2 aliphatic rings. The lowest BCUT2D eigenvalue weighted by Gasteiger charge is -2.31. The normalized spacial score (nSPS) is 22.3. The smallest absolute Gasteiger partial charge is 0.317 e. The molecular weight excluding hydrogens is 334 g/mol. The van der Waals surface area contributed by atoms with Gasteiger partial charge in [-0.15, -0.1) is 0 Å². The van der Waals surface area contributed by atoms with Crippen molar-refractivity contribution in [1.82, 2.24) is 15.1 Å². The number of amides is 3. The topological polar surface area (TPSA) is 90.0 Å². The van der Waals surface area contributed by atoms with E-state index in [2.05, 4.69) is 5.32 Å². The monoisotopic (exact) mass is 359 g/mol. The number of carboxylic acid groups (broad SMARTS) is 1. The zero-order valence-corrected chi connectivity index (χ0v) is 14.9. The van der Waals surface area contributed by atoms with Crippen molar-refractivity contribution in [3.63, 3.8) is 0 Å². The third-order valence-electron chi connectivity index (χ3n) is 5.37. The van der Waals surface area contributed by atoms with Crippen LogP contribution in [0.3, 0.4) is 0 Å². The molecule has 2 fully saturated rings. The molecule has 3 rings (SSSR count). The van der Waals surface area contributed by atoms with Crippen LogP contribution >= 0.6 is 0 Å². The number of carbonyl (C=O) groups excluding carboxylic acids is 2. The van der Waals surface area contributed by atoms with E-state index in [4.69, 9.17) is 5.11 Å². The Labute approximate surface area is 153 Å². The molecule has 0 saturated carbocycles. The number of aliphatic carboxylic acids is 1. The Balaban J connectivity index is 1.53. The third kappa shape index (κ3) is 3.98. The quantitative estimate of drug-likeness (QED) is 0.859. The maximum absolute atomic E-state index is 12.4. The van der Waals surface area contributed by atoms with Gasteiger partial charge in [-0.05, 0) is 25.3 Å². The Kier molecular flexibility index (Phi) is 5.44. The first kappa shape index (κ1) is 18.2. The number of piperidine rings is 1. The number of nitrogens with one attached hydrogen (secondary N) is 1. The van der Waals surface area contributed by atoms with Crippen molar-refractivity contribution in [2.24, 2.45) is 5.92 Å². The van der Waals surface area contributed by atoms with Gasteiger partial charge in [-0.2, -0.15) is 0 Å². The van der Waals surface area contributed by atoms with Crippen LogP contribution in [0.2, 0.25) is 0 Å². The van der Waals surface area contributed by atoms with E-state index in [9.17, 15) is 14.4 Å². The summed E-state index contributed by atoms with van der Waals surface area (Å²) < 4.78 is 0. The van der Waals surface area contributed by atoms with Crippen LogP contribution in [0.25, 0.3) is 0 Å². The van der Waals surface area contributed by atoms with E-state index in [0.29, 0.717) is 38.9 Å². The summed E-state index contributed by atoms with van der Waals surface area (Å²) in [5, 5.41) is 12.0. The van der Waals surface area contributed by atoms with Gasteiger partial charge < -0.3 is 20.2 Å². The van der Waals surface area contributed by atoms with E-state index in [0.717, 1.165) is 5.56 Å². The van der Waals surface area contributed by atoms with Gasteiger partial charge in [-0.3, -0.25) is 9.59 Å². The molecule has 2 unspecified atom stereocenters. The van der Waals surface area contributed by atoms with E-state index >= 15 is 0 Å². The highest BCUT2D eigenvalue weighted by Gasteiger charge is 2.35. The molecule has 3 amide bonds. The summed E-state index contributed by atoms with van der Waals surface area (Å²) in [6.07, 6.45) is 1.25. The van der Waals surface area contributed by atoms with Crippen molar-refractivity contribution < 1.29 is 19.5 Å². The SMILES string of the molecule is CC(c1ccccc1)N1CC(NC(=O)N2CCC(C(=O)O)CC2)CC1=O. The molecule has 7 nitrogen and oxygen atoms in total. The molecule has 2 saturated heterocycles. The van der Waals surface area contributed by atoms with Crippen LogP contribution in [-0.4, -0.2) is 58.5 Å². The number of rotatable bonds is 4. The molecule has 1 aromatic carbocycles. The average molecular weight is 359 g/mol. The van der Waals surface area contributed by atoms with Crippen molar-refractivity contribution in [3.8, 4) is 0 Å². The molecule has 7 heteroatoms. The second kappa shape index (κ2) is 7.76. The molecule has 0 aromatic heterocycles. The van der Waals surface area contributed by atoms with Crippen molar-refractivity contribution >= 4 is 17.9 Å². The fourth-order valence-corrected chi connectivity index (χ4v) is 3.71. The summed E-state index contributed by atoms with van der Waals surface area (Å²) in [7, 11) is 0. The Bertz CT molecular complexity index is 671. The van der Waals surface area contributed by atoms with E-state index in [1.807, 2.05) is 37.3 Å². The van der Waals surface area contributed by atoms with Crippen molar-refractivity contribution in [2.75, 3.05) is 19.6 Å². The first-order valence-corrected chi connectivity index (χ1v) is 9.08. The highest BCUT2D eigenvalue weighted by atomic mass is 16.4. The van der Waals surface area contributed by atoms with Crippen LogP contribution in [0.4, 0.5) is 4.79 Å². The maximum Gasteiger partial charge on any atom is 0.317 e. The molecule has 2 N–H and O–H groups in total. The summed E-state index contributed by atoms with van der Waals surface area (Å²) in [6, 6.07) is 9.39. The number of hydrogen-bond acceptors (Lipinski definition) is 3. The molecule has 0 radical (unpaired) electrons. The molecule has 0 aliphatic carbocycles. The minimum absolute atomic E-state index is 0.0306. The van der Waals surface area contributed by atoms with Crippen LogP contribution in [0.1, 0.15) is 37.8 Å². The molecule has 2 atom stereocenters. The zero-order valence-electron chi connectivity index (χ0n) is 14.9. The fourth-order valence-electron chi connectivity index (χ4n) is 3.71. The minimum atomic E-state index is -0.794. The lowest BCUT2D eigenvalue weighted by Crippen LogP contribution is -2.49. The first-order valence-electron chi connectivity index (χ1n) is 9.08. The molecule has 0 bridgehead atoms. The number of carboxylic acids is 1. The Hall–Kier alpha value is -2.57. The summed E-state index contributed by atoms with van der Waals surface area (Å²) in [6.45, 7) is 3.36. The Morgan fingerprint density at radius 3 is 2.46 bits per heavy atom. The van der Waals surface area contributed by atoms with Crippen LogP contribution in [0.15, 0.2) is 30.3 Å². The predicted octanol–water partition coefficient (Wildman–Crippen LogP) is 1.85. The number of urea groups is 1. The predicted molar refractivity (Wildman–Crippen MR) is 95.4 cm³/mol.